The van der Waals surface area contributed by atoms with Crippen molar-refractivity contribution in [2.75, 3.05) is 12.8 Å². The Morgan fingerprint density at radius 2 is 1.50 bits per heavy atom. The van der Waals surface area contributed by atoms with Crippen LogP contribution in [-0.2, 0) is 27.9 Å². The Bertz CT molecular complexity index is 658. The van der Waals surface area contributed by atoms with E-state index in [4.69, 9.17) is 18.3 Å². The summed E-state index contributed by atoms with van der Waals surface area (Å²) in [6.45, 7) is 18.6. The zero-order valence-electron chi connectivity index (χ0n) is 21.1. The third kappa shape index (κ3) is 10.5. The van der Waals surface area contributed by atoms with Crippen molar-refractivity contribution in [3.05, 3.63) is 0 Å². The Balaban J connectivity index is 0. The second-order valence-corrected chi connectivity index (χ2v) is 20.9. The Labute approximate surface area is 213 Å². The lowest BCUT2D eigenvalue weighted by Crippen LogP contribution is -2.47. The molecule has 2 aliphatic rings. The first-order valence-electron chi connectivity index (χ1n) is 11.8. The molecule has 34 heavy (non-hydrogen) atoms. The molecule has 1 saturated carbocycles. The highest BCUT2D eigenvalue weighted by atomic mass is 28.4. The molecule has 0 spiro atoms. The molecule has 1 aliphatic heterocycles. The topological polar surface area (TPSA) is 74.4 Å². The largest absolute Gasteiger partial charge is 0.466 e. The van der Waals surface area contributed by atoms with E-state index in [1.165, 1.54) is 0 Å². The highest BCUT2D eigenvalue weighted by molar-refractivity contribution is 6.84. The molecule has 6 nitrogen and oxygen atoms in total. The molecule has 1 aliphatic carbocycles. The maximum Gasteiger partial charge on any atom is 0.311 e. The van der Waals surface area contributed by atoms with E-state index in [9.17, 15) is 9.59 Å². The van der Waals surface area contributed by atoms with Crippen molar-refractivity contribution in [2.45, 2.75) is 127 Å². The molecule has 2 rings (SSSR count). The van der Waals surface area contributed by atoms with Gasteiger partial charge in [-0.15, -0.1) is 0 Å². The molecule has 4 unspecified atom stereocenters. The van der Waals surface area contributed by atoms with E-state index in [-0.39, 0.29) is 34.2 Å². The Kier molecular flexibility index (Phi) is 13.6. The molecule has 8 heteroatoms. The molecule has 0 radical (unpaired) electrons. The van der Waals surface area contributed by atoms with Crippen LogP contribution in [0.4, 0.5) is 0 Å². The Morgan fingerprint density at radius 1 is 0.912 bits per heavy atom. The molecular formula is C26H56O6Si2. The number of hydrogen-bond donors (Lipinski definition) is 0. The summed E-state index contributed by atoms with van der Waals surface area (Å²) < 4.78 is 23.3. The standard InChI is InChI=1S/C23H44O6Si2.3CH4/c1-10-23(4,21(25)26-14-17-11-12-18-19(13-17)28-18)15-22(2,3)20(24)27-16-31(8,9)29-30(5,6)7;;;/h17-19H,10-16H2,1-9H3;3*1H4. The van der Waals surface area contributed by atoms with E-state index in [0.29, 0.717) is 43.8 Å². The summed E-state index contributed by atoms with van der Waals surface area (Å²) in [5.74, 6) is -0.110. The predicted octanol–water partition coefficient (Wildman–Crippen LogP) is 6.98. The first kappa shape index (κ1) is 35.5. The summed E-state index contributed by atoms with van der Waals surface area (Å²) >= 11 is 0. The van der Waals surface area contributed by atoms with E-state index in [2.05, 4.69) is 32.7 Å². The van der Waals surface area contributed by atoms with Gasteiger partial charge in [-0.25, -0.2) is 0 Å². The minimum absolute atomic E-state index is 0. The van der Waals surface area contributed by atoms with Gasteiger partial charge in [0, 0.05) is 0 Å². The molecule has 204 valence electrons. The Morgan fingerprint density at radius 3 is 2.00 bits per heavy atom. The fourth-order valence-corrected chi connectivity index (χ4v) is 12.0. The first-order chi connectivity index (χ1) is 14.1. The lowest BCUT2D eigenvalue weighted by Gasteiger charge is -2.35. The lowest BCUT2D eigenvalue weighted by atomic mass is 9.72. The molecule has 2 fully saturated rings. The maximum absolute atomic E-state index is 13.0. The SMILES string of the molecule is C.C.C.CCC(C)(CC(C)(C)C(=O)OC[Si](C)(C)O[Si](C)(C)C)C(=O)OCC1CCC2OC2C1. The van der Waals surface area contributed by atoms with Gasteiger partial charge in [0.2, 0.25) is 8.32 Å². The van der Waals surface area contributed by atoms with Crippen molar-refractivity contribution < 1.29 is 27.9 Å². The van der Waals surface area contributed by atoms with Crippen LogP contribution in [0.25, 0.3) is 0 Å². The molecule has 0 N–H and O–H groups in total. The number of ether oxygens (including phenoxy) is 3. The number of rotatable bonds is 11. The van der Waals surface area contributed by atoms with Crippen LogP contribution >= 0.6 is 0 Å². The summed E-state index contributed by atoms with van der Waals surface area (Å²) in [6.07, 6.45) is 5.26. The van der Waals surface area contributed by atoms with Crippen molar-refractivity contribution in [2.24, 2.45) is 16.7 Å². The molecule has 0 aromatic heterocycles. The van der Waals surface area contributed by atoms with Gasteiger partial charge in [0.1, 0.15) is 6.23 Å². The second-order valence-electron chi connectivity index (χ2n) is 12.0. The molecule has 1 saturated heterocycles. The van der Waals surface area contributed by atoms with Crippen LogP contribution in [0.3, 0.4) is 0 Å². The minimum Gasteiger partial charge on any atom is -0.466 e. The predicted molar refractivity (Wildman–Crippen MR) is 147 cm³/mol. The average Bonchev–Trinajstić information content (AvgIpc) is 3.40. The molecule has 1 heterocycles. The van der Waals surface area contributed by atoms with Gasteiger partial charge in [-0.05, 0) is 91.5 Å². The molecule has 4 atom stereocenters. The van der Waals surface area contributed by atoms with Crippen LogP contribution in [0.1, 0.15) is 82.1 Å². The van der Waals surface area contributed by atoms with Gasteiger partial charge < -0.3 is 18.3 Å². The Hall–Kier alpha value is -0.706. The summed E-state index contributed by atoms with van der Waals surface area (Å²) in [5, 5.41) is 0. The van der Waals surface area contributed by atoms with Gasteiger partial charge in [0.25, 0.3) is 0 Å². The summed E-state index contributed by atoms with van der Waals surface area (Å²) in [4.78, 5) is 25.9. The first-order valence-corrected chi connectivity index (χ1v) is 18.3. The highest BCUT2D eigenvalue weighted by Gasteiger charge is 2.46. The van der Waals surface area contributed by atoms with Crippen LogP contribution in [0.2, 0.25) is 32.7 Å². The third-order valence-electron chi connectivity index (χ3n) is 6.35. The molecule has 0 aromatic rings. The highest BCUT2D eigenvalue weighted by Crippen LogP contribution is 2.41. The van der Waals surface area contributed by atoms with Crippen molar-refractivity contribution in [1.29, 1.82) is 0 Å². The fraction of sp³-hybridized carbons (Fsp3) is 0.923. The maximum atomic E-state index is 13.0. The monoisotopic (exact) mass is 520 g/mol. The summed E-state index contributed by atoms with van der Waals surface area (Å²) in [7, 11) is -3.78. The normalized spacial score (nSPS) is 23.6. The minimum atomic E-state index is -2.09. The van der Waals surface area contributed by atoms with Gasteiger partial charge in [-0.1, -0.05) is 29.2 Å². The van der Waals surface area contributed by atoms with E-state index in [1.54, 1.807) is 0 Å². The quantitative estimate of drug-likeness (QED) is 0.166. The van der Waals surface area contributed by atoms with E-state index < -0.39 is 27.5 Å². The van der Waals surface area contributed by atoms with Crippen LogP contribution in [0.15, 0.2) is 0 Å². The van der Waals surface area contributed by atoms with Gasteiger partial charge in [-0.2, -0.15) is 0 Å². The fourth-order valence-electron chi connectivity index (χ4n) is 4.69. The number of carbonyl (C=O) groups excluding carboxylic acids is 2. The zero-order valence-corrected chi connectivity index (χ0v) is 23.1. The van der Waals surface area contributed by atoms with Crippen molar-refractivity contribution >= 4 is 28.6 Å². The van der Waals surface area contributed by atoms with Crippen LogP contribution in [-0.4, -0.2) is 53.6 Å². The lowest BCUT2D eigenvalue weighted by molar-refractivity contribution is -0.163. The molecule has 0 amide bonds. The van der Waals surface area contributed by atoms with E-state index >= 15 is 0 Å². The number of esters is 2. The van der Waals surface area contributed by atoms with E-state index in [1.807, 2.05) is 27.7 Å². The van der Waals surface area contributed by atoms with Crippen molar-refractivity contribution in [3.8, 4) is 0 Å². The smallest absolute Gasteiger partial charge is 0.311 e. The van der Waals surface area contributed by atoms with Crippen LogP contribution < -0.4 is 0 Å². The van der Waals surface area contributed by atoms with E-state index in [0.717, 1.165) is 19.3 Å². The van der Waals surface area contributed by atoms with Gasteiger partial charge in [0.05, 0.1) is 29.6 Å². The van der Waals surface area contributed by atoms with Crippen LogP contribution in [0.5, 0.6) is 0 Å². The number of epoxide rings is 1. The summed E-state index contributed by atoms with van der Waals surface area (Å²) in [6, 6.07) is 0. The van der Waals surface area contributed by atoms with Gasteiger partial charge in [-0.3, -0.25) is 9.59 Å². The van der Waals surface area contributed by atoms with Crippen molar-refractivity contribution in [1.82, 2.24) is 0 Å². The molecule has 0 aromatic carbocycles. The number of hydrogen-bond acceptors (Lipinski definition) is 6. The van der Waals surface area contributed by atoms with Gasteiger partial charge >= 0.3 is 11.9 Å². The zero-order chi connectivity index (χ0) is 23.7. The molecular weight excluding hydrogens is 464 g/mol. The second kappa shape index (κ2) is 13.0. The number of carbonyl (C=O) groups is 2. The summed E-state index contributed by atoms with van der Waals surface area (Å²) in [5.41, 5.74) is -1.51. The van der Waals surface area contributed by atoms with Gasteiger partial charge in [0.15, 0.2) is 8.32 Å². The third-order valence-corrected chi connectivity index (χ3v) is 11.9. The average molecular weight is 521 g/mol. The number of fused-ring (bicyclic) bond motifs is 1. The molecule has 0 bridgehead atoms. The van der Waals surface area contributed by atoms with Crippen molar-refractivity contribution in [3.63, 3.8) is 0 Å². The van der Waals surface area contributed by atoms with Crippen LogP contribution in [0, 0.1) is 16.7 Å².